The third-order valence-corrected chi connectivity index (χ3v) is 8.57. The van der Waals surface area contributed by atoms with Crippen LogP contribution in [0.5, 0.6) is 5.75 Å². The van der Waals surface area contributed by atoms with Crippen LogP contribution in [0.25, 0.3) is 0 Å². The van der Waals surface area contributed by atoms with Crippen molar-refractivity contribution in [3.8, 4) is 5.75 Å². The zero-order valence-electron chi connectivity index (χ0n) is 21.1. The number of pyridine rings is 1. The van der Waals surface area contributed by atoms with Crippen LogP contribution in [0, 0.1) is 17.0 Å². The predicted octanol–water partition coefficient (Wildman–Crippen LogP) is 4.94. The van der Waals surface area contributed by atoms with Crippen molar-refractivity contribution < 1.29 is 32.6 Å². The molecule has 6 rings (SSSR count). The molecule has 2 aromatic carbocycles. The summed E-state index contributed by atoms with van der Waals surface area (Å²) in [6, 6.07) is 11.0. The molecular weight excluding hydrogens is 530 g/mol. The first-order valence-corrected chi connectivity index (χ1v) is 13.4. The standard InChI is InChI=1S/C28H24F2N2O6S/c1-15(38-27(35)36-2)37-25-20(33)9-12-31-24(25)26(34)28(10-11-28)14-32(31)23-16-7-8-19(29)22(30)18(16)13-39-21-6-4-3-5-17(21)23/h3-9,12,15,23H,10-11,13-14H2,1-2H3. The SMILES string of the molecule is COC(=O)OC(C)Oc1c2n(ccc1=O)N(C1c3ccccc3SCc3c1ccc(F)c3F)CC1(CC1)C2=O. The summed E-state index contributed by atoms with van der Waals surface area (Å²) in [5.74, 6) is -2.09. The normalized spacial score (nSPS) is 19.3. The zero-order valence-corrected chi connectivity index (χ0v) is 21.9. The Morgan fingerprint density at radius 3 is 2.62 bits per heavy atom. The van der Waals surface area contributed by atoms with Crippen molar-refractivity contribution >= 4 is 23.7 Å². The molecule has 0 saturated heterocycles. The number of carbonyl (C=O) groups excluding carboxylic acids is 2. The highest BCUT2D eigenvalue weighted by molar-refractivity contribution is 7.98. The van der Waals surface area contributed by atoms with Gasteiger partial charge in [0.1, 0.15) is 0 Å². The van der Waals surface area contributed by atoms with E-state index in [2.05, 4.69) is 4.74 Å². The van der Waals surface area contributed by atoms with Crippen molar-refractivity contribution in [3.63, 3.8) is 0 Å². The highest BCUT2D eigenvalue weighted by Crippen LogP contribution is 2.54. The number of ether oxygens (including phenoxy) is 3. The maximum Gasteiger partial charge on any atom is 0.511 e. The number of hydrogen-bond donors (Lipinski definition) is 0. The summed E-state index contributed by atoms with van der Waals surface area (Å²) in [6.07, 6.45) is 0.476. The molecule has 39 heavy (non-hydrogen) atoms. The molecular formula is C28H24F2N2O6S. The number of thioether (sulfide) groups is 1. The molecule has 3 heterocycles. The summed E-state index contributed by atoms with van der Waals surface area (Å²) in [5, 5.41) is 1.92. The summed E-state index contributed by atoms with van der Waals surface area (Å²) < 4.78 is 46.3. The lowest BCUT2D eigenvalue weighted by atomic mass is 9.89. The molecule has 8 nitrogen and oxygen atoms in total. The smallest absolute Gasteiger partial charge is 0.448 e. The molecule has 1 spiro atoms. The third kappa shape index (κ3) is 4.15. The number of halogens is 2. The van der Waals surface area contributed by atoms with Crippen LogP contribution in [0.1, 0.15) is 53.0 Å². The van der Waals surface area contributed by atoms with E-state index in [0.717, 1.165) is 23.6 Å². The van der Waals surface area contributed by atoms with Gasteiger partial charge >= 0.3 is 6.16 Å². The number of ketones is 1. The number of carbonyl (C=O) groups is 2. The monoisotopic (exact) mass is 554 g/mol. The summed E-state index contributed by atoms with van der Waals surface area (Å²) in [7, 11) is 1.14. The van der Waals surface area contributed by atoms with Gasteiger partial charge in [0.15, 0.2) is 23.1 Å². The molecule has 3 aromatic rings. The van der Waals surface area contributed by atoms with E-state index in [0.29, 0.717) is 24.9 Å². The lowest BCUT2D eigenvalue weighted by molar-refractivity contribution is -0.0483. The minimum atomic E-state index is -1.22. The van der Waals surface area contributed by atoms with E-state index in [4.69, 9.17) is 9.47 Å². The van der Waals surface area contributed by atoms with Gasteiger partial charge < -0.3 is 14.2 Å². The molecule has 2 aliphatic heterocycles. The number of fused-ring (bicyclic) bond motifs is 3. The topological polar surface area (TPSA) is 87.1 Å². The highest BCUT2D eigenvalue weighted by atomic mass is 32.2. The van der Waals surface area contributed by atoms with Crippen molar-refractivity contribution in [2.45, 2.75) is 42.7 Å². The number of hydrogen-bond acceptors (Lipinski definition) is 8. The molecule has 0 radical (unpaired) electrons. The van der Waals surface area contributed by atoms with Gasteiger partial charge in [-0.25, -0.2) is 13.6 Å². The van der Waals surface area contributed by atoms with Crippen LogP contribution in [0.15, 0.2) is 58.4 Å². The summed E-state index contributed by atoms with van der Waals surface area (Å²) in [6.45, 7) is 1.71. The summed E-state index contributed by atoms with van der Waals surface area (Å²) in [4.78, 5) is 39.3. The maximum atomic E-state index is 15.2. The fourth-order valence-corrected chi connectivity index (χ4v) is 6.48. The predicted molar refractivity (Wildman–Crippen MR) is 138 cm³/mol. The molecule has 1 saturated carbocycles. The first kappa shape index (κ1) is 25.4. The average molecular weight is 555 g/mol. The second-order valence-electron chi connectivity index (χ2n) is 9.82. The summed E-state index contributed by atoms with van der Waals surface area (Å²) in [5.41, 5.74) is 0.397. The molecule has 11 heteroatoms. The number of rotatable bonds is 4. The molecule has 202 valence electrons. The molecule has 1 aliphatic carbocycles. The molecule has 3 aliphatic rings. The Kier molecular flexibility index (Phi) is 6.13. The summed E-state index contributed by atoms with van der Waals surface area (Å²) >= 11 is 1.42. The van der Waals surface area contributed by atoms with E-state index in [1.807, 2.05) is 29.3 Å². The van der Waals surface area contributed by atoms with E-state index in [-0.39, 0.29) is 28.5 Å². The Balaban J connectivity index is 1.55. The van der Waals surface area contributed by atoms with Gasteiger partial charge in [-0.1, -0.05) is 24.3 Å². The van der Waals surface area contributed by atoms with Crippen LogP contribution >= 0.6 is 11.8 Å². The van der Waals surface area contributed by atoms with Crippen molar-refractivity contribution in [3.05, 3.63) is 92.9 Å². The second-order valence-corrected chi connectivity index (χ2v) is 10.8. The van der Waals surface area contributed by atoms with E-state index in [1.54, 1.807) is 10.7 Å². The van der Waals surface area contributed by atoms with E-state index < -0.39 is 41.0 Å². The van der Waals surface area contributed by atoms with Gasteiger partial charge in [0.05, 0.1) is 18.6 Å². The minimum Gasteiger partial charge on any atom is -0.448 e. The van der Waals surface area contributed by atoms with Crippen LogP contribution < -0.4 is 15.2 Å². The van der Waals surface area contributed by atoms with Crippen LogP contribution in [0.4, 0.5) is 13.6 Å². The van der Waals surface area contributed by atoms with Crippen molar-refractivity contribution in [2.75, 3.05) is 18.7 Å². The zero-order chi connectivity index (χ0) is 27.5. The number of aromatic nitrogens is 1. The van der Waals surface area contributed by atoms with Crippen LogP contribution in [0.3, 0.4) is 0 Å². The molecule has 1 aromatic heterocycles. The Bertz CT molecular complexity index is 1570. The lowest BCUT2D eigenvalue weighted by Gasteiger charge is -2.43. The van der Waals surface area contributed by atoms with Crippen molar-refractivity contribution in [1.82, 2.24) is 4.68 Å². The minimum absolute atomic E-state index is 0.0186. The van der Waals surface area contributed by atoms with Crippen LogP contribution in [-0.2, 0) is 15.2 Å². The molecule has 0 N–H and O–H groups in total. The first-order chi connectivity index (χ1) is 18.7. The Morgan fingerprint density at radius 1 is 1.10 bits per heavy atom. The average Bonchev–Trinajstić information content (AvgIpc) is 3.72. The molecule has 2 unspecified atom stereocenters. The molecule has 0 bridgehead atoms. The van der Waals surface area contributed by atoms with E-state index in [9.17, 15) is 18.8 Å². The molecule has 1 fully saturated rings. The van der Waals surface area contributed by atoms with Gasteiger partial charge in [-0.3, -0.25) is 19.3 Å². The Hall–Kier alpha value is -3.86. The number of nitrogens with zero attached hydrogens (tertiary/aromatic N) is 2. The number of benzene rings is 2. The van der Waals surface area contributed by atoms with Crippen molar-refractivity contribution in [2.24, 2.45) is 5.41 Å². The van der Waals surface area contributed by atoms with Gasteiger partial charge in [-0.05, 0) is 36.1 Å². The fraction of sp³-hybridized carbons (Fsp3) is 0.321. The van der Waals surface area contributed by atoms with Crippen molar-refractivity contribution in [1.29, 1.82) is 0 Å². The van der Waals surface area contributed by atoms with Crippen LogP contribution in [0.2, 0.25) is 0 Å². The largest absolute Gasteiger partial charge is 0.511 e. The highest BCUT2D eigenvalue weighted by Gasteiger charge is 2.57. The van der Waals surface area contributed by atoms with Gasteiger partial charge in [0.2, 0.25) is 17.5 Å². The van der Waals surface area contributed by atoms with Crippen LogP contribution in [-0.4, -0.2) is 36.6 Å². The van der Waals surface area contributed by atoms with E-state index in [1.165, 1.54) is 30.9 Å². The number of Topliss-reactive ketones (excluding diaryl/α,β-unsaturated/α-hetero) is 1. The first-order valence-electron chi connectivity index (χ1n) is 12.4. The van der Waals surface area contributed by atoms with Gasteiger partial charge in [0, 0.05) is 41.9 Å². The maximum absolute atomic E-state index is 15.2. The van der Waals surface area contributed by atoms with Gasteiger partial charge in [0.25, 0.3) is 0 Å². The number of methoxy groups -OCH3 is 1. The van der Waals surface area contributed by atoms with E-state index >= 15 is 4.39 Å². The fourth-order valence-electron chi connectivity index (χ4n) is 5.37. The molecule has 0 amide bonds. The third-order valence-electron chi connectivity index (χ3n) is 7.45. The second kappa shape index (κ2) is 9.41. The Labute approximate surface area is 226 Å². The van der Waals surface area contributed by atoms with Gasteiger partial charge in [-0.2, -0.15) is 0 Å². The van der Waals surface area contributed by atoms with Gasteiger partial charge in [-0.15, -0.1) is 11.8 Å². The quantitative estimate of drug-likeness (QED) is 0.331. The molecule has 2 atom stereocenters. The Morgan fingerprint density at radius 2 is 1.87 bits per heavy atom. The lowest BCUT2D eigenvalue weighted by Crippen LogP contribution is -2.52.